The molecule has 0 fully saturated rings. The minimum Gasteiger partial charge on any atom is -0.369 e. The van der Waals surface area contributed by atoms with Gasteiger partial charge in [-0.2, -0.15) is 8.42 Å². The number of fused-ring (bicyclic) bond motifs is 1. The van der Waals surface area contributed by atoms with E-state index in [0.29, 0.717) is 0 Å². The molecule has 1 atom stereocenters. The summed E-state index contributed by atoms with van der Waals surface area (Å²) in [5.74, 6) is 0. The van der Waals surface area contributed by atoms with Crippen LogP contribution < -0.4 is 4.90 Å². The van der Waals surface area contributed by atoms with Gasteiger partial charge in [0.25, 0.3) is 10.1 Å². The van der Waals surface area contributed by atoms with Gasteiger partial charge in [-0.15, -0.1) is 0 Å². The van der Waals surface area contributed by atoms with Crippen LogP contribution in [0.4, 0.5) is 5.69 Å². The summed E-state index contributed by atoms with van der Waals surface area (Å²) in [4.78, 5) is 2.29. The Morgan fingerprint density at radius 3 is 2.50 bits per heavy atom. The largest absolute Gasteiger partial charge is 0.369 e. The highest BCUT2D eigenvalue weighted by atomic mass is 32.2. The standard InChI is InChI=1S/C17H19NO3S/c1-13-7-9-16(10-8-13)22(19,20)21-12-15-11-14-5-3-4-6-17(14)18(15)2/h3-10,15H,11-12H2,1-2H3/t15-/m0/s1. The van der Waals surface area contributed by atoms with E-state index in [1.807, 2.05) is 32.2 Å². The van der Waals surface area contributed by atoms with E-state index in [0.717, 1.165) is 17.7 Å². The van der Waals surface area contributed by atoms with Crippen molar-refractivity contribution in [2.45, 2.75) is 24.3 Å². The van der Waals surface area contributed by atoms with Gasteiger partial charge in [0, 0.05) is 12.7 Å². The molecule has 0 spiro atoms. The van der Waals surface area contributed by atoms with E-state index < -0.39 is 10.1 Å². The van der Waals surface area contributed by atoms with E-state index in [1.165, 1.54) is 5.56 Å². The first-order valence-corrected chi connectivity index (χ1v) is 8.65. The summed E-state index contributed by atoms with van der Waals surface area (Å²) >= 11 is 0. The summed E-state index contributed by atoms with van der Waals surface area (Å²) in [6, 6.07) is 14.8. The number of rotatable bonds is 4. The molecule has 0 aromatic heterocycles. The van der Waals surface area contributed by atoms with E-state index >= 15 is 0 Å². The van der Waals surface area contributed by atoms with Crippen molar-refractivity contribution in [2.75, 3.05) is 18.6 Å². The van der Waals surface area contributed by atoms with Crippen LogP contribution in [-0.2, 0) is 20.7 Å². The Bertz CT molecular complexity index is 769. The Hall–Kier alpha value is -1.85. The van der Waals surface area contributed by atoms with Crippen LogP contribution in [0.15, 0.2) is 53.4 Å². The van der Waals surface area contributed by atoms with E-state index in [-0.39, 0.29) is 17.5 Å². The molecule has 0 saturated carbocycles. The first kappa shape index (κ1) is 15.1. The summed E-state index contributed by atoms with van der Waals surface area (Å²) in [6.45, 7) is 2.07. The summed E-state index contributed by atoms with van der Waals surface area (Å²) in [5.41, 5.74) is 3.39. The van der Waals surface area contributed by atoms with Crippen molar-refractivity contribution < 1.29 is 12.6 Å². The molecule has 0 bridgehead atoms. The summed E-state index contributed by atoms with van der Waals surface area (Å²) in [7, 11) is -1.73. The quantitative estimate of drug-likeness (QED) is 0.814. The molecule has 0 N–H and O–H groups in total. The zero-order valence-corrected chi connectivity index (χ0v) is 13.5. The molecular formula is C17H19NO3S. The first-order valence-electron chi connectivity index (χ1n) is 7.24. The molecular weight excluding hydrogens is 298 g/mol. The van der Waals surface area contributed by atoms with Crippen molar-refractivity contribution in [3.05, 3.63) is 59.7 Å². The molecule has 1 aliphatic heterocycles. The van der Waals surface area contributed by atoms with Gasteiger partial charge in [-0.1, -0.05) is 35.9 Å². The number of hydrogen-bond acceptors (Lipinski definition) is 4. The molecule has 0 amide bonds. The van der Waals surface area contributed by atoms with Gasteiger partial charge < -0.3 is 4.90 Å². The molecule has 2 aromatic rings. The maximum Gasteiger partial charge on any atom is 0.297 e. The predicted octanol–water partition coefficient (Wildman–Crippen LogP) is 2.76. The summed E-state index contributed by atoms with van der Waals surface area (Å²) in [6.07, 6.45) is 0.802. The fourth-order valence-corrected chi connectivity index (χ4v) is 3.67. The monoisotopic (exact) mass is 317 g/mol. The summed E-state index contributed by atoms with van der Waals surface area (Å²) in [5, 5.41) is 0. The number of benzene rings is 2. The van der Waals surface area contributed by atoms with Crippen molar-refractivity contribution in [1.82, 2.24) is 0 Å². The van der Waals surface area contributed by atoms with E-state index in [2.05, 4.69) is 11.0 Å². The third kappa shape index (κ3) is 2.87. The second kappa shape index (κ2) is 5.74. The van der Waals surface area contributed by atoms with E-state index in [9.17, 15) is 8.42 Å². The van der Waals surface area contributed by atoms with Crippen molar-refractivity contribution >= 4 is 15.8 Å². The average molecular weight is 317 g/mol. The number of nitrogens with zero attached hydrogens (tertiary/aromatic N) is 1. The maximum atomic E-state index is 12.2. The molecule has 1 heterocycles. The topological polar surface area (TPSA) is 46.6 Å². The normalized spacial score (nSPS) is 17.5. The lowest BCUT2D eigenvalue weighted by atomic mass is 10.1. The van der Waals surface area contributed by atoms with Gasteiger partial charge in [-0.05, 0) is 37.1 Å². The van der Waals surface area contributed by atoms with Gasteiger partial charge in [0.1, 0.15) is 0 Å². The smallest absolute Gasteiger partial charge is 0.297 e. The zero-order valence-electron chi connectivity index (χ0n) is 12.7. The van der Waals surface area contributed by atoms with Gasteiger partial charge in [-0.25, -0.2) is 0 Å². The number of aryl methyl sites for hydroxylation is 1. The Morgan fingerprint density at radius 1 is 1.14 bits per heavy atom. The molecule has 3 rings (SSSR count). The predicted molar refractivity (Wildman–Crippen MR) is 86.7 cm³/mol. The van der Waals surface area contributed by atoms with Crippen LogP contribution in [0.5, 0.6) is 0 Å². The highest BCUT2D eigenvalue weighted by Crippen LogP contribution is 2.30. The van der Waals surface area contributed by atoms with Crippen LogP contribution in [0.3, 0.4) is 0 Å². The lowest BCUT2D eigenvalue weighted by molar-refractivity contribution is 0.291. The minimum absolute atomic E-state index is 0.0395. The van der Waals surface area contributed by atoms with Crippen LogP contribution in [0.25, 0.3) is 0 Å². The van der Waals surface area contributed by atoms with Gasteiger partial charge >= 0.3 is 0 Å². The van der Waals surface area contributed by atoms with Crippen LogP contribution >= 0.6 is 0 Å². The second-order valence-electron chi connectivity index (χ2n) is 5.65. The van der Waals surface area contributed by atoms with E-state index in [4.69, 9.17) is 4.18 Å². The number of likely N-dealkylation sites (N-methyl/N-ethyl adjacent to an activating group) is 1. The molecule has 1 aliphatic rings. The Morgan fingerprint density at radius 2 is 1.82 bits per heavy atom. The second-order valence-corrected chi connectivity index (χ2v) is 7.26. The number of hydrogen-bond donors (Lipinski definition) is 0. The molecule has 0 unspecified atom stereocenters. The Kier molecular flexibility index (Phi) is 3.93. The molecule has 0 aliphatic carbocycles. The van der Waals surface area contributed by atoms with Gasteiger partial charge in [-0.3, -0.25) is 4.18 Å². The highest BCUT2D eigenvalue weighted by molar-refractivity contribution is 7.86. The fraction of sp³-hybridized carbons (Fsp3) is 0.294. The van der Waals surface area contributed by atoms with Crippen molar-refractivity contribution in [3.8, 4) is 0 Å². The molecule has 4 nitrogen and oxygen atoms in total. The van der Waals surface area contributed by atoms with Crippen LogP contribution in [0.1, 0.15) is 11.1 Å². The molecule has 5 heteroatoms. The Labute approximate surface area is 131 Å². The molecule has 22 heavy (non-hydrogen) atoms. The maximum absolute atomic E-state index is 12.2. The number of para-hydroxylation sites is 1. The van der Waals surface area contributed by atoms with Gasteiger partial charge in [0.05, 0.1) is 17.5 Å². The van der Waals surface area contributed by atoms with Crippen molar-refractivity contribution in [3.63, 3.8) is 0 Å². The minimum atomic E-state index is -3.70. The van der Waals surface area contributed by atoms with Crippen LogP contribution in [-0.4, -0.2) is 28.1 Å². The lowest BCUT2D eigenvalue weighted by Gasteiger charge is -2.22. The lowest BCUT2D eigenvalue weighted by Crippen LogP contribution is -2.33. The summed E-state index contributed by atoms with van der Waals surface area (Å²) < 4.78 is 29.7. The molecule has 2 aromatic carbocycles. The Balaban J connectivity index is 1.70. The van der Waals surface area contributed by atoms with Gasteiger partial charge in [0.15, 0.2) is 0 Å². The molecule has 0 radical (unpaired) electrons. The highest BCUT2D eigenvalue weighted by Gasteiger charge is 2.28. The molecule has 116 valence electrons. The van der Waals surface area contributed by atoms with Crippen LogP contribution in [0, 0.1) is 6.92 Å². The zero-order chi connectivity index (χ0) is 15.7. The van der Waals surface area contributed by atoms with Crippen molar-refractivity contribution in [1.29, 1.82) is 0 Å². The van der Waals surface area contributed by atoms with Gasteiger partial charge in [0.2, 0.25) is 0 Å². The third-order valence-corrected chi connectivity index (χ3v) is 5.40. The van der Waals surface area contributed by atoms with Crippen molar-refractivity contribution in [2.24, 2.45) is 0 Å². The average Bonchev–Trinajstić information content (AvgIpc) is 2.83. The van der Waals surface area contributed by atoms with E-state index in [1.54, 1.807) is 24.3 Å². The fourth-order valence-electron chi connectivity index (χ4n) is 2.73. The first-order chi connectivity index (χ1) is 10.5. The number of anilines is 1. The molecule has 0 saturated heterocycles. The van der Waals surface area contributed by atoms with Crippen LogP contribution in [0.2, 0.25) is 0 Å². The third-order valence-electron chi connectivity index (χ3n) is 4.10. The SMILES string of the molecule is Cc1ccc(S(=O)(=O)OC[C@@H]2Cc3ccccc3N2C)cc1.